The molecule has 1 heterocycles. The van der Waals surface area contributed by atoms with E-state index in [0.717, 1.165) is 29.0 Å². The Bertz CT molecular complexity index is 1020. The third kappa shape index (κ3) is 7.33. The summed E-state index contributed by atoms with van der Waals surface area (Å²) in [5.74, 6) is 1.75. The number of hydrogen-bond acceptors (Lipinski definition) is 6. The molecular formula is C25H32N4O3S. The van der Waals surface area contributed by atoms with Crippen LogP contribution in [0.5, 0.6) is 5.75 Å². The second kappa shape index (κ2) is 12.4. The Kier molecular flexibility index (Phi) is 9.33. The molecule has 176 valence electrons. The molecular weight excluding hydrogens is 436 g/mol. The van der Waals surface area contributed by atoms with Gasteiger partial charge in [-0.1, -0.05) is 48.2 Å². The third-order valence-electron chi connectivity index (χ3n) is 4.90. The lowest BCUT2D eigenvalue weighted by atomic mass is 10.1. The van der Waals surface area contributed by atoms with Crippen LogP contribution in [0, 0.1) is 13.8 Å². The number of aryl methyl sites for hydroxylation is 2. The molecule has 8 heteroatoms. The molecule has 0 spiro atoms. The lowest BCUT2D eigenvalue weighted by Gasteiger charge is -2.13. The Morgan fingerprint density at radius 3 is 2.48 bits per heavy atom. The molecule has 1 amide bonds. The highest BCUT2D eigenvalue weighted by atomic mass is 32.2. The molecule has 0 atom stereocenters. The van der Waals surface area contributed by atoms with Crippen molar-refractivity contribution in [2.45, 2.75) is 52.0 Å². The summed E-state index contributed by atoms with van der Waals surface area (Å²) in [6.45, 7) is 9.55. The van der Waals surface area contributed by atoms with E-state index in [1.54, 1.807) is 0 Å². The Morgan fingerprint density at radius 2 is 1.79 bits per heavy atom. The van der Waals surface area contributed by atoms with Crippen LogP contribution >= 0.6 is 11.8 Å². The van der Waals surface area contributed by atoms with Crippen molar-refractivity contribution in [3.05, 3.63) is 65.5 Å². The fraction of sp³-hybridized carbons (Fsp3) is 0.400. The molecule has 2 aromatic carbocycles. The van der Waals surface area contributed by atoms with Crippen LogP contribution in [0.1, 0.15) is 37.2 Å². The van der Waals surface area contributed by atoms with Crippen LogP contribution in [0.3, 0.4) is 0 Å². The van der Waals surface area contributed by atoms with Gasteiger partial charge >= 0.3 is 0 Å². The van der Waals surface area contributed by atoms with Gasteiger partial charge in [0.05, 0.1) is 11.9 Å². The van der Waals surface area contributed by atoms with E-state index in [-0.39, 0.29) is 24.4 Å². The minimum atomic E-state index is -0.0412. The van der Waals surface area contributed by atoms with Gasteiger partial charge in [0.2, 0.25) is 5.91 Å². The highest BCUT2D eigenvalue weighted by Gasteiger charge is 2.17. The lowest BCUT2D eigenvalue weighted by molar-refractivity contribution is -0.118. The second-order valence-electron chi connectivity index (χ2n) is 7.99. The van der Waals surface area contributed by atoms with Crippen LogP contribution in [0.25, 0.3) is 5.69 Å². The zero-order valence-corrected chi connectivity index (χ0v) is 20.5. The van der Waals surface area contributed by atoms with Gasteiger partial charge in [0.25, 0.3) is 0 Å². The molecule has 1 aromatic heterocycles. The Hall–Kier alpha value is -2.84. The molecule has 0 aliphatic heterocycles. The number of carbonyl (C=O) groups excluding carboxylic acids is 1. The molecule has 7 nitrogen and oxygen atoms in total. The number of nitrogens with zero attached hydrogens (tertiary/aromatic N) is 3. The molecule has 0 bridgehead atoms. The van der Waals surface area contributed by atoms with Crippen LogP contribution < -0.4 is 10.1 Å². The molecule has 0 saturated carbocycles. The molecule has 0 fully saturated rings. The van der Waals surface area contributed by atoms with Crippen LogP contribution in [-0.4, -0.2) is 45.7 Å². The van der Waals surface area contributed by atoms with Gasteiger partial charge in [0.1, 0.15) is 12.4 Å². The minimum absolute atomic E-state index is 0.0412. The Morgan fingerprint density at radius 1 is 1.06 bits per heavy atom. The molecule has 0 radical (unpaired) electrons. The van der Waals surface area contributed by atoms with Crippen molar-refractivity contribution in [2.24, 2.45) is 0 Å². The van der Waals surface area contributed by atoms with Crippen molar-refractivity contribution in [1.29, 1.82) is 0 Å². The van der Waals surface area contributed by atoms with E-state index in [2.05, 4.69) is 15.5 Å². The number of ether oxygens (including phenoxy) is 2. The summed E-state index contributed by atoms with van der Waals surface area (Å²) in [5, 5.41) is 12.3. The van der Waals surface area contributed by atoms with Gasteiger partial charge in [-0.15, -0.1) is 10.2 Å². The number of nitrogens with one attached hydrogen (secondary N) is 1. The van der Waals surface area contributed by atoms with Crippen molar-refractivity contribution in [3.8, 4) is 11.4 Å². The monoisotopic (exact) mass is 468 g/mol. The minimum Gasteiger partial charge on any atom is -0.485 e. The van der Waals surface area contributed by atoms with E-state index in [1.807, 2.05) is 80.8 Å². The van der Waals surface area contributed by atoms with Crippen molar-refractivity contribution in [1.82, 2.24) is 20.1 Å². The molecule has 0 aliphatic rings. The molecule has 0 saturated heterocycles. The van der Waals surface area contributed by atoms with Gasteiger partial charge in [0, 0.05) is 18.8 Å². The Balaban J connectivity index is 1.66. The SMILES string of the molecule is Cc1cccc(C)c1OCc1nnc(SCC(=O)NCCCOC(C)C)n1-c1ccccc1. The fourth-order valence-corrected chi connectivity index (χ4v) is 4.09. The van der Waals surface area contributed by atoms with Crippen LogP contribution in [0.15, 0.2) is 53.7 Å². The first-order chi connectivity index (χ1) is 16.0. The molecule has 3 rings (SSSR count). The maximum atomic E-state index is 12.3. The number of para-hydroxylation sites is 2. The number of carbonyl (C=O) groups is 1. The number of thioether (sulfide) groups is 1. The maximum absolute atomic E-state index is 12.3. The largest absolute Gasteiger partial charge is 0.485 e. The van der Waals surface area contributed by atoms with Crippen LogP contribution in [0.2, 0.25) is 0 Å². The number of benzene rings is 2. The topological polar surface area (TPSA) is 78.3 Å². The summed E-state index contributed by atoms with van der Waals surface area (Å²) in [6.07, 6.45) is 0.989. The normalized spacial score (nSPS) is 11.1. The van der Waals surface area contributed by atoms with Crippen LogP contribution in [-0.2, 0) is 16.1 Å². The summed E-state index contributed by atoms with van der Waals surface area (Å²) in [7, 11) is 0. The van der Waals surface area contributed by atoms with Gasteiger partial charge in [-0.2, -0.15) is 0 Å². The summed E-state index contributed by atoms with van der Waals surface area (Å²) >= 11 is 1.36. The maximum Gasteiger partial charge on any atom is 0.230 e. The zero-order chi connectivity index (χ0) is 23.6. The van der Waals surface area contributed by atoms with Gasteiger partial charge in [0.15, 0.2) is 11.0 Å². The fourth-order valence-electron chi connectivity index (χ4n) is 3.29. The van der Waals surface area contributed by atoms with Gasteiger partial charge in [-0.3, -0.25) is 9.36 Å². The molecule has 0 aliphatic carbocycles. The standard InChI is InChI=1S/C25H32N4O3S/c1-18(2)31-15-9-14-26-23(30)17-33-25-28-27-22(29(25)21-12-6-5-7-13-21)16-32-24-19(3)10-8-11-20(24)4/h5-8,10-13,18H,9,14-17H2,1-4H3,(H,26,30). The van der Waals surface area contributed by atoms with E-state index in [4.69, 9.17) is 9.47 Å². The smallest absolute Gasteiger partial charge is 0.230 e. The number of hydrogen-bond donors (Lipinski definition) is 1. The number of aromatic nitrogens is 3. The van der Waals surface area contributed by atoms with E-state index in [0.29, 0.717) is 24.1 Å². The van der Waals surface area contributed by atoms with E-state index >= 15 is 0 Å². The van der Waals surface area contributed by atoms with Crippen molar-refractivity contribution >= 4 is 17.7 Å². The number of amides is 1. The first-order valence-corrected chi connectivity index (χ1v) is 12.1. The van der Waals surface area contributed by atoms with Gasteiger partial charge < -0.3 is 14.8 Å². The molecule has 3 aromatic rings. The third-order valence-corrected chi connectivity index (χ3v) is 5.82. The molecule has 33 heavy (non-hydrogen) atoms. The van der Waals surface area contributed by atoms with Gasteiger partial charge in [-0.05, 0) is 57.4 Å². The first kappa shape index (κ1) is 24.8. The molecule has 0 unspecified atom stereocenters. The van der Waals surface area contributed by atoms with E-state index in [9.17, 15) is 4.79 Å². The van der Waals surface area contributed by atoms with Crippen LogP contribution in [0.4, 0.5) is 0 Å². The van der Waals surface area contributed by atoms with E-state index < -0.39 is 0 Å². The van der Waals surface area contributed by atoms with E-state index in [1.165, 1.54) is 11.8 Å². The quantitative estimate of drug-likeness (QED) is 0.312. The van der Waals surface area contributed by atoms with Crippen molar-refractivity contribution < 1.29 is 14.3 Å². The average molecular weight is 469 g/mol. The Labute approximate surface area is 199 Å². The molecule has 1 N–H and O–H groups in total. The highest BCUT2D eigenvalue weighted by molar-refractivity contribution is 7.99. The van der Waals surface area contributed by atoms with Crippen molar-refractivity contribution in [3.63, 3.8) is 0 Å². The summed E-state index contributed by atoms with van der Waals surface area (Å²) in [5.41, 5.74) is 3.08. The average Bonchev–Trinajstić information content (AvgIpc) is 3.20. The zero-order valence-electron chi connectivity index (χ0n) is 19.7. The summed E-state index contributed by atoms with van der Waals surface area (Å²) < 4.78 is 13.6. The highest BCUT2D eigenvalue weighted by Crippen LogP contribution is 2.26. The lowest BCUT2D eigenvalue weighted by Crippen LogP contribution is -2.27. The number of rotatable bonds is 12. The van der Waals surface area contributed by atoms with Crippen molar-refractivity contribution in [2.75, 3.05) is 18.9 Å². The van der Waals surface area contributed by atoms with Gasteiger partial charge in [-0.25, -0.2) is 0 Å². The predicted molar refractivity (Wildman–Crippen MR) is 131 cm³/mol. The predicted octanol–water partition coefficient (Wildman–Crippen LogP) is 4.49. The summed E-state index contributed by atoms with van der Waals surface area (Å²) in [4.78, 5) is 12.3. The first-order valence-electron chi connectivity index (χ1n) is 11.2. The second-order valence-corrected chi connectivity index (χ2v) is 8.93. The summed E-state index contributed by atoms with van der Waals surface area (Å²) in [6, 6.07) is 15.9.